The highest BCUT2D eigenvalue weighted by molar-refractivity contribution is 5.72. The molecule has 2 amide bonds. The van der Waals surface area contributed by atoms with Crippen molar-refractivity contribution in [3.8, 4) is 0 Å². The van der Waals surface area contributed by atoms with E-state index in [1.165, 1.54) is 11.1 Å². The summed E-state index contributed by atoms with van der Waals surface area (Å²) in [7, 11) is 0. The first-order chi connectivity index (χ1) is 12.1. The number of carbonyl (C=O) groups is 1. The Labute approximate surface area is 150 Å². The maximum absolute atomic E-state index is 11.6. The third-order valence-electron chi connectivity index (χ3n) is 6.48. The highest BCUT2D eigenvalue weighted by Crippen LogP contribution is 2.47. The van der Waals surface area contributed by atoms with Gasteiger partial charge in [-0.3, -0.25) is 4.90 Å². The Morgan fingerprint density at radius 1 is 1.16 bits per heavy atom. The molecule has 0 bridgehead atoms. The summed E-state index contributed by atoms with van der Waals surface area (Å²) in [5, 5.41) is 0. The van der Waals surface area contributed by atoms with Gasteiger partial charge >= 0.3 is 6.03 Å². The molecule has 3 saturated heterocycles. The van der Waals surface area contributed by atoms with Gasteiger partial charge in [-0.1, -0.05) is 24.3 Å². The van der Waals surface area contributed by atoms with E-state index in [0.29, 0.717) is 23.9 Å². The van der Waals surface area contributed by atoms with Crippen molar-refractivity contribution in [3.63, 3.8) is 0 Å². The molecule has 3 aliphatic heterocycles. The van der Waals surface area contributed by atoms with Gasteiger partial charge in [-0.2, -0.15) is 0 Å². The Bertz CT molecular complexity index is 629. The van der Waals surface area contributed by atoms with Gasteiger partial charge < -0.3 is 15.4 Å². The predicted molar refractivity (Wildman–Crippen MR) is 97.2 cm³/mol. The fourth-order valence-electron chi connectivity index (χ4n) is 5.21. The van der Waals surface area contributed by atoms with Crippen molar-refractivity contribution in [2.45, 2.75) is 38.3 Å². The van der Waals surface area contributed by atoms with Gasteiger partial charge in [0.25, 0.3) is 0 Å². The second kappa shape index (κ2) is 6.96. The number of likely N-dealkylation sites (tertiary alicyclic amines) is 2. The van der Waals surface area contributed by atoms with E-state index in [9.17, 15) is 4.79 Å². The Morgan fingerprint density at radius 2 is 1.92 bits per heavy atom. The zero-order valence-corrected chi connectivity index (χ0v) is 15.1. The number of primary amides is 1. The lowest BCUT2D eigenvalue weighted by atomic mass is 9.80. The molecule has 0 saturated carbocycles. The fourth-order valence-corrected chi connectivity index (χ4v) is 5.21. The van der Waals surface area contributed by atoms with Gasteiger partial charge in [0.1, 0.15) is 0 Å². The number of amides is 2. The molecule has 25 heavy (non-hydrogen) atoms. The van der Waals surface area contributed by atoms with Crippen LogP contribution in [0.4, 0.5) is 4.79 Å². The van der Waals surface area contributed by atoms with Gasteiger partial charge in [-0.05, 0) is 49.1 Å². The van der Waals surface area contributed by atoms with Crippen LogP contribution in [0.2, 0.25) is 0 Å². The quantitative estimate of drug-likeness (QED) is 0.898. The first-order valence-electron chi connectivity index (χ1n) is 9.58. The lowest BCUT2D eigenvalue weighted by Gasteiger charge is -2.39. The Hall–Kier alpha value is -1.59. The first kappa shape index (κ1) is 16.9. The SMILES string of the molecule is Cc1ccccc1C1C2CCN(C(N)=O)CC2CN1C1CCOCC1. The van der Waals surface area contributed by atoms with Gasteiger partial charge in [-0.15, -0.1) is 0 Å². The van der Waals surface area contributed by atoms with Crippen LogP contribution in [-0.2, 0) is 4.74 Å². The van der Waals surface area contributed by atoms with Crippen LogP contribution in [0.25, 0.3) is 0 Å². The Morgan fingerprint density at radius 3 is 2.64 bits per heavy atom. The molecular formula is C20H29N3O2. The van der Waals surface area contributed by atoms with E-state index in [4.69, 9.17) is 10.5 Å². The standard InChI is InChI=1S/C20H29N3O2/c1-14-4-2-3-5-17(14)19-18-6-9-22(20(21)24)12-15(18)13-23(19)16-7-10-25-11-8-16/h2-5,15-16,18-19H,6-13H2,1H3,(H2,21,24). The highest BCUT2D eigenvalue weighted by Gasteiger charge is 2.47. The monoisotopic (exact) mass is 343 g/mol. The van der Waals surface area contributed by atoms with Crippen molar-refractivity contribution in [2.75, 3.05) is 32.8 Å². The van der Waals surface area contributed by atoms with Crippen LogP contribution in [0.1, 0.15) is 36.4 Å². The summed E-state index contributed by atoms with van der Waals surface area (Å²) in [5.74, 6) is 1.13. The van der Waals surface area contributed by atoms with E-state index in [1.807, 2.05) is 4.90 Å². The van der Waals surface area contributed by atoms with E-state index >= 15 is 0 Å². The summed E-state index contributed by atoms with van der Waals surface area (Å²) in [4.78, 5) is 16.2. The number of ether oxygens (including phenoxy) is 1. The third kappa shape index (κ3) is 3.15. The molecule has 3 atom stereocenters. The number of fused-ring (bicyclic) bond motifs is 1. The lowest BCUT2D eigenvalue weighted by Crippen LogP contribution is -2.46. The predicted octanol–water partition coefficient (Wildman–Crippen LogP) is 2.55. The van der Waals surface area contributed by atoms with Crippen molar-refractivity contribution in [1.82, 2.24) is 9.80 Å². The van der Waals surface area contributed by atoms with Gasteiger partial charge in [0.2, 0.25) is 0 Å². The summed E-state index contributed by atoms with van der Waals surface area (Å²) in [5.41, 5.74) is 8.40. The Kier molecular flexibility index (Phi) is 4.69. The fraction of sp³-hybridized carbons (Fsp3) is 0.650. The van der Waals surface area contributed by atoms with Crippen LogP contribution in [0, 0.1) is 18.8 Å². The normalized spacial score (nSPS) is 31.1. The number of rotatable bonds is 2. The van der Waals surface area contributed by atoms with Crippen LogP contribution < -0.4 is 5.73 Å². The maximum atomic E-state index is 11.6. The first-order valence-corrected chi connectivity index (χ1v) is 9.58. The molecule has 136 valence electrons. The minimum atomic E-state index is -0.268. The zero-order valence-electron chi connectivity index (χ0n) is 15.1. The minimum Gasteiger partial charge on any atom is -0.381 e. The highest BCUT2D eigenvalue weighted by atomic mass is 16.5. The number of nitrogens with zero attached hydrogens (tertiary/aromatic N) is 2. The van der Waals surface area contributed by atoms with Gasteiger partial charge in [0.05, 0.1) is 0 Å². The van der Waals surface area contributed by atoms with E-state index in [2.05, 4.69) is 36.1 Å². The molecule has 0 spiro atoms. The summed E-state index contributed by atoms with van der Waals surface area (Å²) < 4.78 is 5.60. The third-order valence-corrected chi connectivity index (χ3v) is 6.48. The number of nitrogens with two attached hydrogens (primary N) is 1. The van der Waals surface area contributed by atoms with Gasteiger partial charge in [-0.25, -0.2) is 4.79 Å². The molecule has 1 aromatic rings. The molecule has 3 fully saturated rings. The molecule has 3 aliphatic rings. The summed E-state index contributed by atoms with van der Waals surface area (Å²) >= 11 is 0. The molecule has 1 aromatic carbocycles. The molecule has 4 rings (SSSR count). The average Bonchev–Trinajstić information content (AvgIpc) is 3.01. The van der Waals surface area contributed by atoms with Crippen LogP contribution in [0.15, 0.2) is 24.3 Å². The molecule has 3 unspecified atom stereocenters. The number of benzene rings is 1. The summed E-state index contributed by atoms with van der Waals surface area (Å²) in [6.07, 6.45) is 3.27. The largest absolute Gasteiger partial charge is 0.381 e. The van der Waals surface area contributed by atoms with Crippen molar-refractivity contribution >= 4 is 6.03 Å². The summed E-state index contributed by atoms with van der Waals surface area (Å²) in [6, 6.07) is 9.60. The van der Waals surface area contributed by atoms with E-state index in [1.54, 1.807) is 0 Å². The Balaban J connectivity index is 1.64. The minimum absolute atomic E-state index is 0.268. The van der Waals surface area contributed by atoms with Gasteiger partial charge in [0, 0.05) is 44.9 Å². The van der Waals surface area contributed by atoms with Gasteiger partial charge in [0.15, 0.2) is 0 Å². The number of aryl methyl sites for hydroxylation is 1. The van der Waals surface area contributed by atoms with E-state index in [-0.39, 0.29) is 6.03 Å². The number of carbonyl (C=O) groups excluding carboxylic acids is 1. The summed E-state index contributed by atoms with van der Waals surface area (Å²) in [6.45, 7) is 6.62. The van der Waals surface area contributed by atoms with Crippen molar-refractivity contribution in [1.29, 1.82) is 0 Å². The van der Waals surface area contributed by atoms with Crippen molar-refractivity contribution < 1.29 is 9.53 Å². The van der Waals surface area contributed by atoms with Crippen LogP contribution in [0.3, 0.4) is 0 Å². The second-order valence-electron chi connectivity index (χ2n) is 7.84. The number of hydrogen-bond donors (Lipinski definition) is 1. The lowest BCUT2D eigenvalue weighted by molar-refractivity contribution is 0.0248. The number of urea groups is 1. The zero-order chi connectivity index (χ0) is 17.4. The topological polar surface area (TPSA) is 58.8 Å². The molecule has 2 N–H and O–H groups in total. The van der Waals surface area contributed by atoms with Crippen LogP contribution >= 0.6 is 0 Å². The molecule has 5 heteroatoms. The molecule has 0 radical (unpaired) electrons. The number of piperidine rings is 1. The maximum Gasteiger partial charge on any atom is 0.314 e. The van der Waals surface area contributed by atoms with E-state index < -0.39 is 0 Å². The molecule has 0 aromatic heterocycles. The molecule has 3 heterocycles. The van der Waals surface area contributed by atoms with Crippen LogP contribution in [0.5, 0.6) is 0 Å². The number of hydrogen-bond acceptors (Lipinski definition) is 3. The van der Waals surface area contributed by atoms with Crippen molar-refractivity contribution in [3.05, 3.63) is 35.4 Å². The molecule has 5 nitrogen and oxygen atoms in total. The smallest absolute Gasteiger partial charge is 0.314 e. The molecule has 0 aliphatic carbocycles. The second-order valence-corrected chi connectivity index (χ2v) is 7.84. The molecular weight excluding hydrogens is 314 g/mol. The van der Waals surface area contributed by atoms with Crippen LogP contribution in [-0.4, -0.2) is 54.7 Å². The average molecular weight is 343 g/mol. The van der Waals surface area contributed by atoms with Crippen molar-refractivity contribution in [2.24, 2.45) is 17.6 Å². The van der Waals surface area contributed by atoms with E-state index in [0.717, 1.165) is 52.1 Å².